The van der Waals surface area contributed by atoms with E-state index in [9.17, 15) is 0 Å². The van der Waals surface area contributed by atoms with Gasteiger partial charge in [0.2, 0.25) is 0 Å². The van der Waals surface area contributed by atoms with E-state index in [-0.39, 0.29) is 5.54 Å². The number of hydrogen-bond donors (Lipinski definition) is 1. The molecule has 4 aliphatic rings. The number of allylic oxidation sites excluding steroid dienone is 5. The molecule has 3 saturated carbocycles. The zero-order valence-electron chi connectivity index (χ0n) is 20.5. The van der Waals surface area contributed by atoms with E-state index >= 15 is 0 Å². The quantitative estimate of drug-likeness (QED) is 0.458. The van der Waals surface area contributed by atoms with Gasteiger partial charge in [0.25, 0.3) is 0 Å². The van der Waals surface area contributed by atoms with E-state index in [2.05, 4.69) is 53.3 Å². The maximum absolute atomic E-state index is 7.31. The van der Waals surface area contributed by atoms with Crippen LogP contribution in [0, 0.1) is 34.5 Å². The summed E-state index contributed by atoms with van der Waals surface area (Å²) in [7, 11) is 0. The lowest BCUT2D eigenvalue weighted by molar-refractivity contribution is -0.0477. The normalized spacial score (nSPS) is 43.8. The molecule has 4 rings (SSSR count). The van der Waals surface area contributed by atoms with Crippen molar-refractivity contribution in [1.82, 2.24) is 0 Å². The first-order valence-electron chi connectivity index (χ1n) is 12.9. The van der Waals surface area contributed by atoms with Crippen LogP contribution in [-0.4, -0.2) is 5.54 Å². The second-order valence-corrected chi connectivity index (χ2v) is 12.2. The molecule has 1 heteroatoms. The average molecular weight is 410 g/mol. The third-order valence-electron chi connectivity index (χ3n) is 10.7. The second kappa shape index (κ2) is 7.95. The van der Waals surface area contributed by atoms with E-state index in [0.717, 1.165) is 17.8 Å². The SMILES string of the molecule is C=C1CC[C@@]2(C)C(=CCC3C2CC[C@@]2(C)C3CC[C@]2(N)CCC/C(=C/C)C(C)C)C1. The number of hydrogen-bond acceptors (Lipinski definition) is 1. The summed E-state index contributed by atoms with van der Waals surface area (Å²) in [5.41, 5.74) is 12.9. The fourth-order valence-corrected chi connectivity index (χ4v) is 8.53. The minimum atomic E-state index is 0.0458. The summed E-state index contributed by atoms with van der Waals surface area (Å²) in [5, 5.41) is 0. The molecule has 168 valence electrons. The zero-order valence-corrected chi connectivity index (χ0v) is 20.5. The summed E-state index contributed by atoms with van der Waals surface area (Å²) in [6.45, 7) is 16.4. The van der Waals surface area contributed by atoms with E-state index in [1.54, 1.807) is 11.1 Å². The average Bonchev–Trinajstić information content (AvgIpc) is 2.97. The van der Waals surface area contributed by atoms with Gasteiger partial charge in [-0.1, -0.05) is 63.1 Å². The van der Waals surface area contributed by atoms with Crippen LogP contribution in [0.25, 0.3) is 0 Å². The molecule has 2 N–H and O–H groups in total. The van der Waals surface area contributed by atoms with Crippen molar-refractivity contribution >= 4 is 0 Å². The van der Waals surface area contributed by atoms with Crippen LogP contribution in [0.15, 0.2) is 35.5 Å². The zero-order chi connectivity index (χ0) is 21.7. The molecule has 6 atom stereocenters. The highest BCUT2D eigenvalue weighted by Crippen LogP contribution is 2.67. The van der Waals surface area contributed by atoms with Crippen molar-refractivity contribution in [2.45, 2.75) is 111 Å². The van der Waals surface area contributed by atoms with Crippen LogP contribution in [0.1, 0.15) is 105 Å². The lowest BCUT2D eigenvalue weighted by Crippen LogP contribution is -2.58. The fraction of sp³-hybridized carbons (Fsp3) is 0.793. The van der Waals surface area contributed by atoms with E-state index in [1.807, 2.05) is 0 Å². The minimum absolute atomic E-state index is 0.0458. The Kier molecular flexibility index (Phi) is 5.93. The summed E-state index contributed by atoms with van der Waals surface area (Å²) >= 11 is 0. The Morgan fingerprint density at radius 3 is 2.63 bits per heavy atom. The van der Waals surface area contributed by atoms with Gasteiger partial charge in [0.05, 0.1) is 0 Å². The standard InChI is InChI=1S/C29H47N/c1-7-22(20(2)3)9-8-15-29(30)18-14-26-24-11-10-23-19-21(4)12-16-27(23,5)25(24)13-17-28(26,29)6/h7,10,20,24-26H,4,8-9,11-19,30H2,1-3,5-6H3/b22-7-/t24?,25?,26?,27-,28-,29+/m0/s1. The summed E-state index contributed by atoms with van der Waals surface area (Å²) in [5.74, 6) is 3.23. The Morgan fingerprint density at radius 1 is 1.20 bits per heavy atom. The van der Waals surface area contributed by atoms with Gasteiger partial charge in [0, 0.05) is 5.54 Å². The summed E-state index contributed by atoms with van der Waals surface area (Å²) in [6.07, 6.45) is 19.1. The molecule has 0 aromatic rings. The maximum Gasteiger partial charge on any atom is 0.0211 e. The monoisotopic (exact) mass is 409 g/mol. The van der Waals surface area contributed by atoms with Gasteiger partial charge in [-0.15, -0.1) is 0 Å². The van der Waals surface area contributed by atoms with Crippen molar-refractivity contribution < 1.29 is 0 Å². The largest absolute Gasteiger partial charge is 0.325 e. The van der Waals surface area contributed by atoms with Gasteiger partial charge in [-0.05, 0) is 112 Å². The predicted octanol–water partition coefficient (Wildman–Crippen LogP) is 7.98. The van der Waals surface area contributed by atoms with Crippen molar-refractivity contribution in [3.63, 3.8) is 0 Å². The third kappa shape index (κ3) is 3.39. The molecule has 4 aliphatic carbocycles. The lowest BCUT2D eigenvalue weighted by Gasteiger charge is -2.59. The molecular weight excluding hydrogens is 362 g/mol. The molecule has 0 aliphatic heterocycles. The van der Waals surface area contributed by atoms with Crippen LogP contribution in [0.3, 0.4) is 0 Å². The fourth-order valence-electron chi connectivity index (χ4n) is 8.53. The van der Waals surface area contributed by atoms with Gasteiger partial charge < -0.3 is 5.73 Å². The molecule has 1 nitrogen and oxygen atoms in total. The molecule has 0 aromatic heterocycles. The first-order chi connectivity index (χ1) is 14.1. The number of fused-ring (bicyclic) bond motifs is 5. The van der Waals surface area contributed by atoms with Gasteiger partial charge in [0.1, 0.15) is 0 Å². The Labute approximate surface area is 186 Å². The molecule has 30 heavy (non-hydrogen) atoms. The van der Waals surface area contributed by atoms with Gasteiger partial charge in [0.15, 0.2) is 0 Å². The highest BCUT2D eigenvalue weighted by molar-refractivity contribution is 5.30. The number of rotatable bonds is 5. The maximum atomic E-state index is 7.31. The van der Waals surface area contributed by atoms with Crippen molar-refractivity contribution in [2.24, 2.45) is 40.2 Å². The van der Waals surface area contributed by atoms with E-state index in [1.165, 1.54) is 76.2 Å². The third-order valence-corrected chi connectivity index (χ3v) is 10.7. The molecule has 0 spiro atoms. The molecule has 0 aromatic carbocycles. The molecule has 0 bridgehead atoms. The Balaban J connectivity index is 1.50. The topological polar surface area (TPSA) is 26.0 Å². The highest BCUT2D eigenvalue weighted by Gasteiger charge is 2.62. The lowest BCUT2D eigenvalue weighted by atomic mass is 9.46. The Hall–Kier alpha value is -0.820. The predicted molar refractivity (Wildman–Crippen MR) is 130 cm³/mol. The summed E-state index contributed by atoms with van der Waals surface area (Å²) in [6, 6.07) is 0. The number of nitrogens with two attached hydrogens (primary N) is 1. The van der Waals surface area contributed by atoms with Gasteiger partial charge in [-0.2, -0.15) is 0 Å². The van der Waals surface area contributed by atoms with E-state index in [0.29, 0.717) is 16.7 Å². The van der Waals surface area contributed by atoms with Gasteiger partial charge in [-0.3, -0.25) is 0 Å². The second-order valence-electron chi connectivity index (χ2n) is 12.2. The van der Waals surface area contributed by atoms with Crippen LogP contribution in [0.4, 0.5) is 0 Å². The van der Waals surface area contributed by atoms with Crippen molar-refractivity contribution in [3.8, 4) is 0 Å². The summed E-state index contributed by atoms with van der Waals surface area (Å²) < 4.78 is 0. The van der Waals surface area contributed by atoms with Crippen LogP contribution < -0.4 is 5.73 Å². The van der Waals surface area contributed by atoms with Crippen LogP contribution in [0.2, 0.25) is 0 Å². The Morgan fingerprint density at radius 2 is 1.93 bits per heavy atom. The molecule has 0 amide bonds. The van der Waals surface area contributed by atoms with Crippen molar-refractivity contribution in [1.29, 1.82) is 0 Å². The molecule has 0 radical (unpaired) electrons. The van der Waals surface area contributed by atoms with E-state index < -0.39 is 0 Å². The first-order valence-corrected chi connectivity index (χ1v) is 12.9. The van der Waals surface area contributed by atoms with Crippen LogP contribution in [-0.2, 0) is 0 Å². The van der Waals surface area contributed by atoms with Crippen molar-refractivity contribution in [2.75, 3.05) is 0 Å². The minimum Gasteiger partial charge on any atom is -0.325 e. The van der Waals surface area contributed by atoms with Crippen LogP contribution in [0.5, 0.6) is 0 Å². The molecule has 0 heterocycles. The highest BCUT2D eigenvalue weighted by atomic mass is 14.8. The molecule has 0 saturated heterocycles. The van der Waals surface area contributed by atoms with E-state index in [4.69, 9.17) is 5.73 Å². The Bertz CT molecular complexity index is 741. The van der Waals surface area contributed by atoms with Gasteiger partial charge in [-0.25, -0.2) is 0 Å². The van der Waals surface area contributed by atoms with Gasteiger partial charge >= 0.3 is 0 Å². The first kappa shape index (κ1) is 22.4. The molecular formula is C29H47N. The molecule has 3 fully saturated rings. The summed E-state index contributed by atoms with van der Waals surface area (Å²) in [4.78, 5) is 0. The van der Waals surface area contributed by atoms with Crippen LogP contribution >= 0.6 is 0 Å². The van der Waals surface area contributed by atoms with Crippen molar-refractivity contribution in [3.05, 3.63) is 35.5 Å². The smallest absolute Gasteiger partial charge is 0.0211 e. The molecule has 3 unspecified atom stereocenters.